The summed E-state index contributed by atoms with van der Waals surface area (Å²) in [6.45, 7) is 0.747. The van der Waals surface area contributed by atoms with Crippen LogP contribution in [-0.4, -0.2) is 17.4 Å². The van der Waals surface area contributed by atoms with Crippen LogP contribution in [0.15, 0.2) is 48.8 Å². The first kappa shape index (κ1) is 11.7. The van der Waals surface area contributed by atoms with Crippen molar-refractivity contribution in [3.63, 3.8) is 0 Å². The molecule has 1 aromatic carbocycles. The summed E-state index contributed by atoms with van der Waals surface area (Å²) in [6, 6.07) is 9.49. The van der Waals surface area contributed by atoms with Crippen molar-refractivity contribution in [2.45, 2.75) is 6.42 Å². The second-order valence-corrected chi connectivity index (χ2v) is 4.40. The summed E-state index contributed by atoms with van der Waals surface area (Å²) in [7, 11) is 0. The van der Waals surface area contributed by atoms with Gasteiger partial charge in [0.2, 0.25) is 0 Å². The summed E-state index contributed by atoms with van der Waals surface area (Å²) in [5, 5.41) is 0. The van der Waals surface area contributed by atoms with Crippen molar-refractivity contribution in [2.75, 3.05) is 6.61 Å². The average Bonchev–Trinajstić information content (AvgIpc) is 2.93. The van der Waals surface area contributed by atoms with E-state index in [9.17, 15) is 4.79 Å². The molecule has 3 rings (SSSR count). The number of pyridine rings is 1. The van der Waals surface area contributed by atoms with Gasteiger partial charge in [-0.15, -0.1) is 0 Å². The van der Waals surface area contributed by atoms with Crippen molar-refractivity contribution < 1.29 is 9.53 Å². The number of allylic oxidation sites excluding steroid dienone is 1. The van der Waals surface area contributed by atoms with E-state index in [0.29, 0.717) is 5.56 Å². The zero-order chi connectivity index (χ0) is 13.1. The van der Waals surface area contributed by atoms with Gasteiger partial charge in [0.05, 0.1) is 6.61 Å². The number of hydrogen-bond donors (Lipinski definition) is 0. The lowest BCUT2D eigenvalue weighted by Gasteiger charge is -1.99. The number of fused-ring (bicyclic) bond motifs is 1. The van der Waals surface area contributed by atoms with Crippen molar-refractivity contribution in [2.24, 2.45) is 0 Å². The molecular weight excluding hydrogens is 238 g/mol. The zero-order valence-corrected chi connectivity index (χ0v) is 10.4. The van der Waals surface area contributed by atoms with Crippen molar-refractivity contribution >= 4 is 11.9 Å². The molecule has 0 aliphatic carbocycles. The molecule has 2 heterocycles. The Kier molecular flexibility index (Phi) is 3.11. The van der Waals surface area contributed by atoms with Crippen LogP contribution in [-0.2, 0) is 6.42 Å². The minimum absolute atomic E-state index is 0.0372. The average molecular weight is 251 g/mol. The Morgan fingerprint density at radius 1 is 1.32 bits per heavy atom. The predicted molar refractivity (Wildman–Crippen MR) is 73.2 cm³/mol. The molecule has 0 saturated heterocycles. The first-order valence-electron chi connectivity index (χ1n) is 6.21. The molecule has 1 aromatic heterocycles. The molecule has 0 bridgehead atoms. The molecule has 0 unspecified atom stereocenters. The topological polar surface area (TPSA) is 39.2 Å². The fraction of sp³-hybridized carbons (Fsp3) is 0.125. The molecule has 0 amide bonds. The summed E-state index contributed by atoms with van der Waals surface area (Å²) in [5.74, 6) is 0.917. The van der Waals surface area contributed by atoms with Gasteiger partial charge in [0.1, 0.15) is 5.75 Å². The van der Waals surface area contributed by atoms with E-state index in [1.807, 2.05) is 18.2 Å². The molecule has 0 saturated carbocycles. The van der Waals surface area contributed by atoms with Gasteiger partial charge in [-0.05, 0) is 41.5 Å². The highest BCUT2D eigenvalue weighted by atomic mass is 16.5. The van der Waals surface area contributed by atoms with Gasteiger partial charge in [-0.2, -0.15) is 0 Å². The summed E-state index contributed by atoms with van der Waals surface area (Å²) in [6.07, 6.45) is 7.57. The Morgan fingerprint density at radius 3 is 3.11 bits per heavy atom. The first-order valence-corrected chi connectivity index (χ1v) is 6.21. The van der Waals surface area contributed by atoms with Crippen LogP contribution in [0.1, 0.15) is 21.5 Å². The number of ether oxygens (including phenoxy) is 1. The van der Waals surface area contributed by atoms with Gasteiger partial charge in [-0.3, -0.25) is 9.78 Å². The lowest BCUT2D eigenvalue weighted by Crippen LogP contribution is -1.94. The van der Waals surface area contributed by atoms with Crippen molar-refractivity contribution in [1.82, 2.24) is 4.98 Å². The van der Waals surface area contributed by atoms with Crippen LogP contribution in [0.2, 0.25) is 0 Å². The fourth-order valence-electron chi connectivity index (χ4n) is 2.09. The molecule has 94 valence electrons. The standard InChI is InChI=1S/C16H13NO2/c18-15(14-2-1-8-17-11-14)5-3-12-4-6-16-13(10-12)7-9-19-16/h1-6,8,10-11H,7,9H2. The second-order valence-electron chi connectivity index (χ2n) is 4.40. The molecule has 2 aromatic rings. The number of carbonyl (C=O) groups excluding carboxylic acids is 1. The molecule has 0 N–H and O–H groups in total. The lowest BCUT2D eigenvalue weighted by atomic mass is 10.1. The molecule has 0 fully saturated rings. The van der Waals surface area contributed by atoms with Crippen LogP contribution in [0.4, 0.5) is 0 Å². The Labute approximate surface area is 111 Å². The van der Waals surface area contributed by atoms with Gasteiger partial charge >= 0.3 is 0 Å². The molecule has 1 aliphatic rings. The fourth-order valence-corrected chi connectivity index (χ4v) is 2.09. The van der Waals surface area contributed by atoms with E-state index >= 15 is 0 Å². The molecule has 3 nitrogen and oxygen atoms in total. The minimum atomic E-state index is -0.0372. The van der Waals surface area contributed by atoms with E-state index in [4.69, 9.17) is 4.74 Å². The van der Waals surface area contributed by atoms with Crippen LogP contribution in [0.25, 0.3) is 6.08 Å². The third kappa shape index (κ3) is 2.55. The van der Waals surface area contributed by atoms with Gasteiger partial charge in [0.15, 0.2) is 5.78 Å². The predicted octanol–water partition coefficient (Wildman–Crippen LogP) is 2.91. The Balaban J connectivity index is 1.78. The minimum Gasteiger partial charge on any atom is -0.493 e. The summed E-state index contributed by atoms with van der Waals surface area (Å²) >= 11 is 0. The highest BCUT2D eigenvalue weighted by Gasteiger charge is 2.11. The molecule has 3 heteroatoms. The van der Waals surface area contributed by atoms with Crippen LogP contribution in [0, 0.1) is 0 Å². The zero-order valence-electron chi connectivity index (χ0n) is 10.4. The molecule has 0 spiro atoms. The third-order valence-electron chi connectivity index (χ3n) is 3.09. The van der Waals surface area contributed by atoms with Crippen molar-refractivity contribution in [3.8, 4) is 5.75 Å². The van der Waals surface area contributed by atoms with E-state index in [2.05, 4.69) is 11.1 Å². The number of rotatable bonds is 3. The van der Waals surface area contributed by atoms with Crippen molar-refractivity contribution in [1.29, 1.82) is 0 Å². The summed E-state index contributed by atoms with van der Waals surface area (Å²) in [5.41, 5.74) is 2.82. The SMILES string of the molecule is O=C(C=Cc1ccc2c(c1)CCO2)c1cccnc1. The van der Waals surface area contributed by atoms with E-state index in [0.717, 1.165) is 24.3 Å². The third-order valence-corrected chi connectivity index (χ3v) is 3.09. The lowest BCUT2D eigenvalue weighted by molar-refractivity contribution is 0.104. The molecule has 0 radical (unpaired) electrons. The number of aromatic nitrogens is 1. The molecular formula is C16H13NO2. The quantitative estimate of drug-likeness (QED) is 0.622. The van der Waals surface area contributed by atoms with Crippen LogP contribution < -0.4 is 4.74 Å². The number of ketones is 1. The normalized spacial score (nSPS) is 13.3. The van der Waals surface area contributed by atoms with Gasteiger partial charge < -0.3 is 4.74 Å². The number of carbonyl (C=O) groups is 1. The largest absolute Gasteiger partial charge is 0.493 e. The number of benzene rings is 1. The maximum Gasteiger partial charge on any atom is 0.187 e. The Bertz CT molecular complexity index is 632. The Hall–Kier alpha value is -2.42. The molecule has 19 heavy (non-hydrogen) atoms. The highest BCUT2D eigenvalue weighted by molar-refractivity contribution is 6.06. The monoisotopic (exact) mass is 251 g/mol. The van der Waals surface area contributed by atoms with E-state index in [1.54, 1.807) is 30.6 Å². The van der Waals surface area contributed by atoms with E-state index in [1.165, 1.54) is 5.56 Å². The maximum atomic E-state index is 11.9. The molecule has 0 atom stereocenters. The van der Waals surface area contributed by atoms with Gasteiger partial charge in [-0.1, -0.05) is 12.1 Å². The summed E-state index contributed by atoms with van der Waals surface area (Å²) < 4.78 is 5.45. The second kappa shape index (κ2) is 5.06. The maximum absolute atomic E-state index is 11.9. The van der Waals surface area contributed by atoms with E-state index < -0.39 is 0 Å². The smallest absolute Gasteiger partial charge is 0.187 e. The van der Waals surface area contributed by atoms with Gasteiger partial charge in [-0.25, -0.2) is 0 Å². The summed E-state index contributed by atoms with van der Waals surface area (Å²) in [4.78, 5) is 15.8. The number of nitrogens with zero attached hydrogens (tertiary/aromatic N) is 1. The number of hydrogen-bond acceptors (Lipinski definition) is 3. The van der Waals surface area contributed by atoms with Crippen LogP contribution >= 0.6 is 0 Å². The highest BCUT2D eigenvalue weighted by Crippen LogP contribution is 2.26. The first-order chi connectivity index (χ1) is 9.33. The molecule has 1 aliphatic heterocycles. The van der Waals surface area contributed by atoms with Gasteiger partial charge in [0.25, 0.3) is 0 Å². The van der Waals surface area contributed by atoms with Gasteiger partial charge in [0, 0.05) is 24.4 Å². The van der Waals surface area contributed by atoms with Crippen LogP contribution in [0.5, 0.6) is 5.75 Å². The Morgan fingerprint density at radius 2 is 2.26 bits per heavy atom. The van der Waals surface area contributed by atoms with Crippen LogP contribution in [0.3, 0.4) is 0 Å². The van der Waals surface area contributed by atoms with Crippen molar-refractivity contribution in [3.05, 3.63) is 65.5 Å². The van der Waals surface area contributed by atoms with E-state index in [-0.39, 0.29) is 5.78 Å².